The second-order valence-corrected chi connectivity index (χ2v) is 10.2. The standard InChI is InChI=1S/C19H32ClN5O2S/c1-19(2,24-28(4,26)27)14-22-18(21-3)23-17-9-11-25(12-10-17)13-15-5-7-16(20)8-6-15/h5-8,17,24H,9-14H2,1-4H3,(H2,21,22,23). The predicted molar refractivity (Wildman–Crippen MR) is 116 cm³/mol. The SMILES string of the molecule is CN=C(NCC(C)(C)NS(C)(=O)=O)NC1CCN(Cc2ccc(Cl)cc2)CC1. The molecule has 0 aromatic heterocycles. The topological polar surface area (TPSA) is 85.8 Å². The molecule has 1 aliphatic rings. The lowest BCUT2D eigenvalue weighted by molar-refractivity contribution is 0.198. The Morgan fingerprint density at radius 1 is 1.25 bits per heavy atom. The first-order valence-corrected chi connectivity index (χ1v) is 11.8. The van der Waals surface area contributed by atoms with Gasteiger partial charge in [0.2, 0.25) is 10.0 Å². The van der Waals surface area contributed by atoms with Crippen molar-refractivity contribution in [1.29, 1.82) is 0 Å². The van der Waals surface area contributed by atoms with Crippen molar-refractivity contribution in [2.45, 2.75) is 44.8 Å². The van der Waals surface area contributed by atoms with Crippen LogP contribution in [0.1, 0.15) is 32.3 Å². The van der Waals surface area contributed by atoms with Gasteiger partial charge in [0, 0.05) is 49.8 Å². The third-order valence-electron chi connectivity index (χ3n) is 4.63. The van der Waals surface area contributed by atoms with E-state index in [0.29, 0.717) is 18.5 Å². The van der Waals surface area contributed by atoms with E-state index in [4.69, 9.17) is 11.6 Å². The number of likely N-dealkylation sites (tertiary alicyclic amines) is 1. The Labute approximate surface area is 174 Å². The van der Waals surface area contributed by atoms with Crippen LogP contribution in [-0.2, 0) is 16.6 Å². The third-order valence-corrected chi connectivity index (χ3v) is 5.81. The fourth-order valence-corrected chi connectivity index (χ4v) is 4.52. The molecule has 28 heavy (non-hydrogen) atoms. The number of guanidine groups is 1. The number of hydrogen-bond acceptors (Lipinski definition) is 4. The molecule has 0 aliphatic carbocycles. The van der Waals surface area contributed by atoms with Crippen molar-refractivity contribution in [2.75, 3.05) is 32.9 Å². The lowest BCUT2D eigenvalue weighted by atomic mass is 10.0. The van der Waals surface area contributed by atoms with E-state index >= 15 is 0 Å². The molecule has 0 radical (unpaired) electrons. The summed E-state index contributed by atoms with van der Waals surface area (Å²) in [4.78, 5) is 6.71. The van der Waals surface area contributed by atoms with E-state index in [0.717, 1.165) is 37.5 Å². The molecule has 9 heteroatoms. The van der Waals surface area contributed by atoms with E-state index in [9.17, 15) is 8.42 Å². The first-order chi connectivity index (χ1) is 13.1. The van der Waals surface area contributed by atoms with Gasteiger partial charge in [0.15, 0.2) is 5.96 Å². The molecular weight excluding hydrogens is 398 g/mol. The smallest absolute Gasteiger partial charge is 0.209 e. The summed E-state index contributed by atoms with van der Waals surface area (Å²) in [6.45, 7) is 7.07. The summed E-state index contributed by atoms with van der Waals surface area (Å²) in [6.07, 6.45) is 3.22. The second-order valence-electron chi connectivity index (χ2n) is 8.01. The maximum Gasteiger partial charge on any atom is 0.209 e. The van der Waals surface area contributed by atoms with Gasteiger partial charge in [-0.05, 0) is 44.4 Å². The van der Waals surface area contributed by atoms with Gasteiger partial charge in [-0.25, -0.2) is 13.1 Å². The monoisotopic (exact) mass is 429 g/mol. The zero-order valence-corrected chi connectivity index (χ0v) is 18.7. The number of halogens is 1. The van der Waals surface area contributed by atoms with Crippen LogP contribution >= 0.6 is 11.6 Å². The maximum atomic E-state index is 11.5. The van der Waals surface area contributed by atoms with Crippen molar-refractivity contribution < 1.29 is 8.42 Å². The Bertz CT molecular complexity index is 757. The van der Waals surface area contributed by atoms with Crippen LogP contribution in [0.15, 0.2) is 29.3 Å². The molecule has 2 rings (SSSR count). The lowest BCUT2D eigenvalue weighted by Crippen LogP contribution is -2.55. The number of hydrogen-bond donors (Lipinski definition) is 3. The molecule has 0 atom stereocenters. The molecule has 0 bridgehead atoms. The van der Waals surface area contributed by atoms with E-state index in [1.807, 2.05) is 26.0 Å². The minimum Gasteiger partial charge on any atom is -0.355 e. The molecule has 7 nitrogen and oxygen atoms in total. The highest BCUT2D eigenvalue weighted by molar-refractivity contribution is 7.88. The first kappa shape index (κ1) is 22.9. The van der Waals surface area contributed by atoms with Crippen molar-refractivity contribution in [3.63, 3.8) is 0 Å². The number of nitrogens with one attached hydrogen (secondary N) is 3. The van der Waals surface area contributed by atoms with Gasteiger partial charge < -0.3 is 10.6 Å². The average molecular weight is 430 g/mol. The van der Waals surface area contributed by atoms with Crippen LogP contribution in [0.25, 0.3) is 0 Å². The van der Waals surface area contributed by atoms with Gasteiger partial charge >= 0.3 is 0 Å². The molecular formula is C19H32ClN5O2S. The number of rotatable bonds is 7. The molecule has 1 heterocycles. The van der Waals surface area contributed by atoms with Crippen molar-refractivity contribution in [1.82, 2.24) is 20.3 Å². The molecule has 0 spiro atoms. The number of aliphatic imine (C=N–C) groups is 1. The van der Waals surface area contributed by atoms with Gasteiger partial charge in [0.25, 0.3) is 0 Å². The van der Waals surface area contributed by atoms with E-state index in [1.54, 1.807) is 7.05 Å². The highest BCUT2D eigenvalue weighted by atomic mass is 35.5. The summed E-state index contributed by atoms with van der Waals surface area (Å²) in [6, 6.07) is 8.36. The van der Waals surface area contributed by atoms with Gasteiger partial charge in [0.05, 0.1) is 6.26 Å². The van der Waals surface area contributed by atoms with Crippen LogP contribution < -0.4 is 15.4 Å². The Morgan fingerprint density at radius 2 is 1.86 bits per heavy atom. The van der Waals surface area contributed by atoms with Gasteiger partial charge in [-0.1, -0.05) is 23.7 Å². The Hall–Kier alpha value is -1.35. The Balaban J connectivity index is 1.76. The molecule has 0 amide bonds. The van der Waals surface area contributed by atoms with Crippen LogP contribution in [0.4, 0.5) is 0 Å². The minimum absolute atomic E-state index is 0.346. The fraction of sp³-hybridized carbons (Fsp3) is 0.632. The maximum absolute atomic E-state index is 11.5. The number of benzene rings is 1. The molecule has 0 unspecified atom stereocenters. The fourth-order valence-electron chi connectivity index (χ4n) is 3.31. The molecule has 1 saturated heterocycles. The number of nitrogens with zero attached hydrogens (tertiary/aromatic N) is 2. The molecule has 3 N–H and O–H groups in total. The normalized spacial score (nSPS) is 17.5. The van der Waals surface area contributed by atoms with Gasteiger partial charge in [0.1, 0.15) is 0 Å². The highest BCUT2D eigenvalue weighted by Gasteiger charge is 2.24. The van der Waals surface area contributed by atoms with E-state index in [1.165, 1.54) is 11.8 Å². The lowest BCUT2D eigenvalue weighted by Gasteiger charge is -2.33. The number of piperidine rings is 1. The van der Waals surface area contributed by atoms with Crippen molar-refractivity contribution in [2.24, 2.45) is 4.99 Å². The largest absolute Gasteiger partial charge is 0.355 e. The van der Waals surface area contributed by atoms with E-state index < -0.39 is 15.6 Å². The zero-order chi connectivity index (χ0) is 20.8. The summed E-state index contributed by atoms with van der Waals surface area (Å²) in [5, 5.41) is 7.44. The van der Waals surface area contributed by atoms with Crippen LogP contribution in [0.2, 0.25) is 5.02 Å². The summed E-state index contributed by atoms with van der Waals surface area (Å²) >= 11 is 5.95. The molecule has 158 valence electrons. The van der Waals surface area contributed by atoms with Crippen molar-refractivity contribution in [3.05, 3.63) is 34.9 Å². The predicted octanol–water partition coefficient (Wildman–Crippen LogP) is 1.80. The molecule has 1 aromatic carbocycles. The summed E-state index contributed by atoms with van der Waals surface area (Å²) in [7, 11) is -1.54. The summed E-state index contributed by atoms with van der Waals surface area (Å²) in [5.74, 6) is 0.694. The first-order valence-electron chi connectivity index (χ1n) is 9.49. The van der Waals surface area contributed by atoms with Crippen molar-refractivity contribution >= 4 is 27.6 Å². The highest BCUT2D eigenvalue weighted by Crippen LogP contribution is 2.16. The van der Waals surface area contributed by atoms with Gasteiger partial charge in [-0.2, -0.15) is 0 Å². The van der Waals surface area contributed by atoms with Crippen LogP contribution in [0.3, 0.4) is 0 Å². The van der Waals surface area contributed by atoms with Gasteiger partial charge in [-0.15, -0.1) is 0 Å². The second kappa shape index (κ2) is 9.91. The molecule has 1 aliphatic heterocycles. The van der Waals surface area contributed by atoms with Crippen LogP contribution in [0.5, 0.6) is 0 Å². The quantitative estimate of drug-likeness (QED) is 0.454. The zero-order valence-electron chi connectivity index (χ0n) is 17.1. The van der Waals surface area contributed by atoms with Crippen LogP contribution in [0, 0.1) is 0 Å². The summed E-state index contributed by atoms with van der Waals surface area (Å²) in [5.41, 5.74) is 0.668. The molecule has 1 aromatic rings. The average Bonchev–Trinajstić information content (AvgIpc) is 2.60. The minimum atomic E-state index is -3.26. The van der Waals surface area contributed by atoms with Gasteiger partial charge in [-0.3, -0.25) is 9.89 Å². The number of sulfonamides is 1. The third kappa shape index (κ3) is 8.34. The molecule has 0 saturated carbocycles. The van der Waals surface area contributed by atoms with E-state index in [2.05, 4.69) is 37.4 Å². The van der Waals surface area contributed by atoms with E-state index in [-0.39, 0.29) is 0 Å². The molecule has 1 fully saturated rings. The van der Waals surface area contributed by atoms with Crippen LogP contribution in [-0.4, -0.2) is 63.8 Å². The summed E-state index contributed by atoms with van der Waals surface area (Å²) < 4.78 is 25.5. The Morgan fingerprint density at radius 3 is 2.39 bits per heavy atom. The Kier molecular flexibility index (Phi) is 8.12. The van der Waals surface area contributed by atoms with Crippen molar-refractivity contribution in [3.8, 4) is 0 Å².